The summed E-state index contributed by atoms with van der Waals surface area (Å²) >= 11 is 3.83. The van der Waals surface area contributed by atoms with E-state index in [2.05, 4.69) is 168 Å². The van der Waals surface area contributed by atoms with Crippen molar-refractivity contribution in [1.29, 1.82) is 0 Å². The third kappa shape index (κ3) is 4.69. The molecule has 1 aliphatic rings. The first kappa shape index (κ1) is 30.3. The molecule has 0 aliphatic carbocycles. The molecule has 1 aliphatic heterocycles. The third-order valence-corrected chi connectivity index (χ3v) is 13.6. The number of quaternary nitrogens is 2. The molecule has 10 aromatic rings. The summed E-state index contributed by atoms with van der Waals surface area (Å²) in [5, 5.41) is 12.7. The largest absolute Gasteiger partial charge is 0.456 e. The number of rotatable bonds is 4. The normalized spacial score (nSPS) is 18.4. The highest BCUT2D eigenvalue weighted by Crippen LogP contribution is 2.45. The smallest absolute Gasteiger partial charge is 0.240 e. The Morgan fingerprint density at radius 3 is 1.83 bits per heavy atom. The van der Waals surface area contributed by atoms with Crippen molar-refractivity contribution in [3.05, 3.63) is 168 Å². The molecule has 0 spiro atoms. The summed E-state index contributed by atoms with van der Waals surface area (Å²) in [5.41, 5.74) is 8.40. The van der Waals surface area contributed by atoms with Crippen LogP contribution in [0, 0.1) is 0 Å². The van der Waals surface area contributed by atoms with E-state index in [1.54, 1.807) is 0 Å². The molecule has 11 rings (SSSR count). The highest BCUT2D eigenvalue weighted by molar-refractivity contribution is 7.27. The van der Waals surface area contributed by atoms with Gasteiger partial charge in [0.2, 0.25) is 6.17 Å². The van der Waals surface area contributed by atoms with E-state index in [1.807, 2.05) is 28.7 Å². The van der Waals surface area contributed by atoms with Crippen molar-refractivity contribution >= 4 is 85.0 Å². The highest BCUT2D eigenvalue weighted by atomic mass is 32.1. The van der Waals surface area contributed by atoms with Crippen LogP contribution in [-0.2, 0) is 0 Å². The molecule has 1 fully saturated rings. The van der Waals surface area contributed by atoms with Crippen molar-refractivity contribution in [3.8, 4) is 11.1 Å². The van der Waals surface area contributed by atoms with Gasteiger partial charge in [-0.1, -0.05) is 115 Å². The summed E-state index contributed by atoms with van der Waals surface area (Å²) in [6.45, 7) is 0. The second-order valence-corrected chi connectivity index (χ2v) is 16.2. The van der Waals surface area contributed by atoms with Gasteiger partial charge in [-0.2, -0.15) is 4.90 Å². The number of para-hydroxylation sites is 1. The van der Waals surface area contributed by atoms with Crippen molar-refractivity contribution in [1.82, 2.24) is 4.90 Å². The molecule has 0 bridgehead atoms. The topological polar surface area (TPSA) is 49.6 Å². The van der Waals surface area contributed by atoms with Gasteiger partial charge in [-0.25, -0.2) is 0 Å². The Kier molecular flexibility index (Phi) is 6.91. The third-order valence-electron chi connectivity index (χ3n) is 11.1. The summed E-state index contributed by atoms with van der Waals surface area (Å²) in [7, 11) is 2.27. The van der Waals surface area contributed by atoms with E-state index in [0.29, 0.717) is 0 Å². The van der Waals surface area contributed by atoms with E-state index in [-0.39, 0.29) is 18.5 Å². The van der Waals surface area contributed by atoms with E-state index < -0.39 is 0 Å². The second-order valence-electron chi connectivity index (χ2n) is 14.1. The lowest BCUT2D eigenvalue weighted by Gasteiger charge is -2.39. The average molecular weight is 710 g/mol. The molecular formula is C46H35N3OS2+2. The Morgan fingerprint density at radius 1 is 0.462 bits per heavy atom. The maximum atomic E-state index is 6.35. The van der Waals surface area contributed by atoms with Crippen LogP contribution in [0.3, 0.4) is 0 Å². The molecule has 3 atom stereocenters. The fraction of sp³-hybridized carbons (Fsp3) is 0.0870. The zero-order chi connectivity index (χ0) is 34.3. The number of furan rings is 1. The van der Waals surface area contributed by atoms with Gasteiger partial charge in [-0.05, 0) is 43.4 Å². The van der Waals surface area contributed by atoms with Gasteiger partial charge in [-0.15, -0.1) is 22.7 Å². The molecule has 4 heterocycles. The van der Waals surface area contributed by atoms with Crippen molar-refractivity contribution in [2.24, 2.45) is 0 Å². The van der Waals surface area contributed by atoms with Crippen LogP contribution in [0.15, 0.2) is 156 Å². The van der Waals surface area contributed by atoms with Crippen molar-refractivity contribution in [2.45, 2.75) is 18.5 Å². The molecule has 0 amide bonds. The molecule has 0 saturated carbocycles. The molecule has 250 valence electrons. The van der Waals surface area contributed by atoms with Crippen LogP contribution in [-0.4, -0.2) is 11.9 Å². The van der Waals surface area contributed by atoms with Crippen LogP contribution in [0.2, 0.25) is 0 Å². The summed E-state index contributed by atoms with van der Waals surface area (Å²) in [6.07, 6.45) is 0.419. The van der Waals surface area contributed by atoms with Crippen LogP contribution in [0.1, 0.15) is 35.2 Å². The summed E-state index contributed by atoms with van der Waals surface area (Å²) < 4.78 is 11.7. The van der Waals surface area contributed by atoms with Crippen molar-refractivity contribution in [3.63, 3.8) is 0 Å². The fourth-order valence-corrected chi connectivity index (χ4v) is 11.1. The zero-order valence-electron chi connectivity index (χ0n) is 28.5. The van der Waals surface area contributed by atoms with Gasteiger partial charge in [0.1, 0.15) is 11.2 Å². The molecule has 4 nitrogen and oxygen atoms in total. The number of hydrogen-bond donors (Lipinski definition) is 2. The molecule has 0 radical (unpaired) electrons. The Hall–Kier alpha value is -5.34. The van der Waals surface area contributed by atoms with Gasteiger partial charge in [0.05, 0.1) is 5.56 Å². The quantitative estimate of drug-likeness (QED) is 0.191. The average Bonchev–Trinajstić information content (AvgIpc) is 3.89. The second kappa shape index (κ2) is 11.9. The van der Waals surface area contributed by atoms with Gasteiger partial charge >= 0.3 is 0 Å². The Balaban J connectivity index is 1.02. The van der Waals surface area contributed by atoms with E-state index >= 15 is 0 Å². The number of nitrogens with zero attached hydrogens (tertiary/aromatic N) is 1. The van der Waals surface area contributed by atoms with Crippen LogP contribution >= 0.6 is 22.7 Å². The zero-order valence-corrected chi connectivity index (χ0v) is 30.1. The van der Waals surface area contributed by atoms with E-state index in [9.17, 15) is 0 Å². The maximum Gasteiger partial charge on any atom is 0.240 e. The monoisotopic (exact) mass is 709 g/mol. The van der Waals surface area contributed by atoms with Gasteiger partial charge in [0.25, 0.3) is 0 Å². The first-order valence-corrected chi connectivity index (χ1v) is 19.6. The first-order valence-electron chi connectivity index (χ1n) is 17.9. The number of nitrogens with two attached hydrogens (primary N) is 2. The lowest BCUT2D eigenvalue weighted by atomic mass is 9.99. The standard InChI is InChI=1S/C46H33N3OS2/c1-49-45(27-11-3-2-4-12-27)47-44(28-21-23-31-30-13-5-7-19-38(30)50-39(31)25-28)48-46(49)29-22-24-33-35-16-10-18-37(43(35)52-41(33)26-29)36-17-9-15-34-32-14-6-8-20-40(32)51-42(34)36/h2-26,44-48H,1H3/p+2. The van der Waals surface area contributed by atoms with Gasteiger partial charge in [-0.3, -0.25) is 10.6 Å². The van der Waals surface area contributed by atoms with Crippen LogP contribution < -0.4 is 10.6 Å². The molecule has 4 N–H and O–H groups in total. The lowest BCUT2D eigenvalue weighted by molar-refractivity contribution is -0.990. The van der Waals surface area contributed by atoms with Crippen molar-refractivity contribution in [2.75, 3.05) is 7.05 Å². The first-order chi connectivity index (χ1) is 25.7. The number of fused-ring (bicyclic) bond motifs is 9. The molecular weight excluding hydrogens is 675 g/mol. The Morgan fingerprint density at radius 2 is 1.04 bits per heavy atom. The fourth-order valence-electron chi connectivity index (χ4n) is 8.59. The molecule has 3 unspecified atom stereocenters. The lowest BCUT2D eigenvalue weighted by Crippen LogP contribution is -3.12. The van der Waals surface area contributed by atoms with Crippen LogP contribution in [0.5, 0.6) is 0 Å². The molecule has 52 heavy (non-hydrogen) atoms. The SMILES string of the molecule is CN1C(c2ccccc2)[NH2+]C(c2ccc3c(c2)oc2ccccc23)[NH2+]C1c1ccc2c(c1)sc1c(-c3cccc4c3sc3ccccc34)cccc12. The minimum Gasteiger partial charge on any atom is -0.456 e. The summed E-state index contributed by atoms with van der Waals surface area (Å²) in [5.74, 6) is 0. The number of benzene rings is 7. The number of thiophene rings is 2. The predicted octanol–water partition coefficient (Wildman–Crippen LogP) is 10.5. The minimum absolute atomic E-state index is 0.118. The molecule has 6 heteroatoms. The minimum atomic E-state index is 0.118. The van der Waals surface area contributed by atoms with Crippen molar-refractivity contribution < 1.29 is 15.1 Å². The highest BCUT2D eigenvalue weighted by Gasteiger charge is 2.41. The van der Waals surface area contributed by atoms with E-state index in [4.69, 9.17) is 4.42 Å². The van der Waals surface area contributed by atoms with Gasteiger partial charge in [0, 0.05) is 73.4 Å². The van der Waals surface area contributed by atoms with Gasteiger partial charge in [0.15, 0.2) is 12.3 Å². The predicted molar refractivity (Wildman–Crippen MR) is 218 cm³/mol. The summed E-state index contributed by atoms with van der Waals surface area (Å²) in [6, 6.07) is 55.6. The van der Waals surface area contributed by atoms with E-state index in [0.717, 1.165) is 11.2 Å². The molecule has 3 aromatic heterocycles. The number of hydrogen-bond acceptors (Lipinski definition) is 4. The van der Waals surface area contributed by atoms with Gasteiger partial charge < -0.3 is 4.42 Å². The van der Waals surface area contributed by atoms with Crippen LogP contribution in [0.4, 0.5) is 0 Å². The Bertz CT molecular complexity index is 2980. The Labute approximate surface area is 308 Å². The maximum absolute atomic E-state index is 6.35. The summed E-state index contributed by atoms with van der Waals surface area (Å²) in [4.78, 5) is 2.52. The van der Waals surface area contributed by atoms with Crippen LogP contribution in [0.25, 0.3) is 73.4 Å². The molecule has 1 saturated heterocycles. The van der Waals surface area contributed by atoms with E-state index in [1.165, 1.54) is 78.9 Å². The molecule has 7 aromatic carbocycles.